The zero-order chi connectivity index (χ0) is 24.5. The summed E-state index contributed by atoms with van der Waals surface area (Å²) >= 11 is 8.02. The first-order valence-electron chi connectivity index (χ1n) is 11.2. The third kappa shape index (κ3) is 4.94. The summed E-state index contributed by atoms with van der Waals surface area (Å²) in [5, 5.41) is 26.0. The van der Waals surface area contributed by atoms with Gasteiger partial charge in [-0.15, -0.1) is 11.3 Å². The Morgan fingerprint density at radius 1 is 1.17 bits per heavy atom. The Hall–Kier alpha value is -3.24. The Labute approximate surface area is 209 Å². The lowest BCUT2D eigenvalue weighted by atomic mass is 9.82. The van der Waals surface area contributed by atoms with Gasteiger partial charge in [-0.3, -0.25) is 4.79 Å². The van der Waals surface area contributed by atoms with E-state index in [1.54, 1.807) is 16.8 Å². The number of thiophene rings is 1. The van der Waals surface area contributed by atoms with Gasteiger partial charge in [0.2, 0.25) is 12.7 Å². The van der Waals surface area contributed by atoms with E-state index in [1.807, 2.05) is 17.5 Å². The van der Waals surface area contributed by atoms with Crippen LogP contribution >= 0.6 is 22.9 Å². The number of fused-ring (bicyclic) bond motifs is 1. The number of benzene rings is 1. The molecule has 1 saturated carbocycles. The van der Waals surface area contributed by atoms with E-state index in [4.69, 9.17) is 30.9 Å². The molecule has 0 saturated heterocycles. The van der Waals surface area contributed by atoms with Crippen molar-refractivity contribution >= 4 is 35.1 Å². The highest BCUT2D eigenvalue weighted by Gasteiger charge is 2.30. The molecule has 0 atom stereocenters. The van der Waals surface area contributed by atoms with Gasteiger partial charge in [-0.1, -0.05) is 17.7 Å². The van der Waals surface area contributed by atoms with E-state index in [2.05, 4.69) is 0 Å². The molecule has 0 amide bonds. The van der Waals surface area contributed by atoms with Crippen LogP contribution in [0.2, 0.25) is 5.02 Å². The van der Waals surface area contributed by atoms with Crippen LogP contribution < -0.4 is 14.2 Å². The fraction of sp³-hybridized carbons (Fsp3) is 0.375. The van der Waals surface area contributed by atoms with Crippen LogP contribution in [0.15, 0.2) is 29.6 Å². The van der Waals surface area contributed by atoms with Crippen LogP contribution in [0.1, 0.15) is 36.8 Å². The third-order valence-corrected chi connectivity index (χ3v) is 7.70. The van der Waals surface area contributed by atoms with E-state index in [0.29, 0.717) is 47.2 Å². The molecule has 35 heavy (non-hydrogen) atoms. The van der Waals surface area contributed by atoms with E-state index >= 15 is 0 Å². The third-order valence-electron chi connectivity index (χ3n) is 6.47. The van der Waals surface area contributed by atoms with E-state index in [1.165, 1.54) is 11.3 Å². The molecule has 1 aliphatic heterocycles. The second kappa shape index (κ2) is 9.79. The van der Waals surface area contributed by atoms with Crippen molar-refractivity contribution in [3.8, 4) is 28.0 Å². The number of carboxylic acids is 1. The Bertz CT molecular complexity index is 1250. The first-order chi connectivity index (χ1) is 16.9. The minimum atomic E-state index is -1.43. The second-order valence-electron chi connectivity index (χ2n) is 8.69. The lowest BCUT2D eigenvalue weighted by Crippen LogP contribution is -2.24. The number of ether oxygens (including phenoxy) is 3. The molecule has 1 aromatic carbocycles. The number of hydrogen-bond donors (Lipinski definition) is 2. The average molecular weight is 519 g/mol. The zero-order valence-corrected chi connectivity index (χ0v) is 20.2. The maximum atomic E-state index is 11.7. The fourth-order valence-electron chi connectivity index (χ4n) is 4.70. The van der Waals surface area contributed by atoms with Gasteiger partial charge in [-0.2, -0.15) is 5.10 Å². The molecule has 1 fully saturated rings. The van der Waals surface area contributed by atoms with Crippen molar-refractivity contribution in [3.63, 3.8) is 0 Å². The van der Waals surface area contributed by atoms with Crippen LogP contribution in [0.5, 0.6) is 17.4 Å². The summed E-state index contributed by atoms with van der Waals surface area (Å²) in [5.41, 5.74) is 1.96. The summed E-state index contributed by atoms with van der Waals surface area (Å²) in [6.45, 7) is 0.549. The SMILES string of the molecule is O=C(O)Oc1c(Cc2cc3c(cc2Cl)OCO3)c(-c2cccs2)nn1CC1CCC(C(=O)O)CC1. The number of halogens is 1. The van der Waals surface area contributed by atoms with Crippen LogP contribution in [0.4, 0.5) is 4.79 Å². The number of carbonyl (C=O) groups is 2. The van der Waals surface area contributed by atoms with E-state index in [-0.39, 0.29) is 30.9 Å². The molecule has 11 heteroatoms. The van der Waals surface area contributed by atoms with Crippen LogP contribution in [0, 0.1) is 11.8 Å². The Morgan fingerprint density at radius 2 is 1.91 bits per heavy atom. The maximum absolute atomic E-state index is 11.7. The van der Waals surface area contributed by atoms with Crippen molar-refractivity contribution in [1.29, 1.82) is 0 Å². The Balaban J connectivity index is 1.51. The molecule has 0 unspecified atom stereocenters. The predicted molar refractivity (Wildman–Crippen MR) is 128 cm³/mol. The molecular weight excluding hydrogens is 496 g/mol. The van der Waals surface area contributed by atoms with Crippen molar-refractivity contribution < 1.29 is 34.0 Å². The summed E-state index contributed by atoms with van der Waals surface area (Å²) in [6.07, 6.45) is 1.47. The Morgan fingerprint density at radius 3 is 2.57 bits per heavy atom. The lowest BCUT2D eigenvalue weighted by Gasteiger charge is -2.26. The molecular formula is C24H23ClN2O7S. The first-order valence-corrected chi connectivity index (χ1v) is 12.5. The van der Waals surface area contributed by atoms with Gasteiger partial charge in [-0.25, -0.2) is 9.48 Å². The van der Waals surface area contributed by atoms with E-state index < -0.39 is 12.1 Å². The minimum absolute atomic E-state index is 0.116. The van der Waals surface area contributed by atoms with Gasteiger partial charge in [0.1, 0.15) is 5.69 Å². The minimum Gasteiger partial charge on any atom is -0.481 e. The smallest absolute Gasteiger partial charge is 0.481 e. The molecule has 5 rings (SSSR count). The molecule has 1 aliphatic carbocycles. The lowest BCUT2D eigenvalue weighted by molar-refractivity contribution is -0.143. The molecule has 3 heterocycles. The van der Waals surface area contributed by atoms with E-state index in [0.717, 1.165) is 23.3 Å². The number of rotatable bonds is 7. The molecule has 9 nitrogen and oxygen atoms in total. The predicted octanol–water partition coefficient (Wildman–Crippen LogP) is 5.53. The summed E-state index contributed by atoms with van der Waals surface area (Å²) in [6, 6.07) is 7.30. The molecule has 2 aliphatic rings. The van der Waals surface area contributed by atoms with Gasteiger partial charge < -0.3 is 24.4 Å². The van der Waals surface area contributed by atoms with Gasteiger partial charge in [-0.05, 0) is 54.7 Å². The fourth-order valence-corrected chi connectivity index (χ4v) is 5.65. The normalized spacial score (nSPS) is 19.0. The van der Waals surface area contributed by atoms with E-state index in [9.17, 15) is 19.8 Å². The number of nitrogens with zero attached hydrogens (tertiary/aromatic N) is 2. The van der Waals surface area contributed by atoms with Gasteiger partial charge in [0.25, 0.3) is 0 Å². The standard InChI is InChI=1S/C24H23ClN2O7S/c25-17-10-19-18(32-12-33-19)9-15(17)8-16-21(20-2-1-7-35-20)26-27(22(16)34-24(30)31)11-13-3-5-14(6-4-13)23(28)29/h1-2,7,9-10,13-14H,3-6,8,11-12H2,(H,28,29)(H,30,31). The molecule has 0 bridgehead atoms. The highest BCUT2D eigenvalue weighted by Crippen LogP contribution is 2.41. The average Bonchev–Trinajstić information content (AvgIpc) is 3.56. The summed E-state index contributed by atoms with van der Waals surface area (Å²) in [7, 11) is 0. The van der Waals surface area contributed by atoms with Gasteiger partial charge in [0.15, 0.2) is 11.5 Å². The Kier molecular flexibility index (Phi) is 6.57. The first kappa shape index (κ1) is 23.5. The summed E-state index contributed by atoms with van der Waals surface area (Å²) in [4.78, 5) is 23.9. The van der Waals surface area contributed by atoms with Crippen LogP contribution in [0.25, 0.3) is 10.6 Å². The number of aliphatic carboxylic acids is 1. The molecule has 2 aromatic heterocycles. The van der Waals surface area contributed by atoms with Crippen molar-refractivity contribution in [3.05, 3.63) is 45.8 Å². The van der Waals surface area contributed by atoms with Crippen LogP contribution in [-0.2, 0) is 17.8 Å². The van der Waals surface area contributed by atoms with Crippen molar-refractivity contribution in [2.75, 3.05) is 6.79 Å². The van der Waals surface area contributed by atoms with Crippen molar-refractivity contribution in [1.82, 2.24) is 9.78 Å². The molecule has 0 radical (unpaired) electrons. The van der Waals surface area contributed by atoms with Crippen molar-refractivity contribution in [2.24, 2.45) is 11.8 Å². The van der Waals surface area contributed by atoms with Crippen LogP contribution in [0.3, 0.4) is 0 Å². The molecule has 0 spiro atoms. The van der Waals surface area contributed by atoms with Gasteiger partial charge >= 0.3 is 12.1 Å². The number of aromatic nitrogens is 2. The highest BCUT2D eigenvalue weighted by atomic mass is 35.5. The quantitative estimate of drug-likeness (QED) is 0.391. The second-order valence-corrected chi connectivity index (χ2v) is 10.0. The largest absolute Gasteiger partial charge is 0.512 e. The van der Waals surface area contributed by atoms with Gasteiger partial charge in [0, 0.05) is 29.6 Å². The maximum Gasteiger partial charge on any atom is 0.512 e. The number of carboxylic acid groups (broad SMARTS) is 2. The monoisotopic (exact) mass is 518 g/mol. The highest BCUT2D eigenvalue weighted by molar-refractivity contribution is 7.13. The van der Waals surface area contributed by atoms with Gasteiger partial charge in [0.05, 0.1) is 10.8 Å². The molecule has 2 N–H and O–H groups in total. The topological polar surface area (TPSA) is 120 Å². The summed E-state index contributed by atoms with van der Waals surface area (Å²) in [5.74, 6) is 0.358. The van der Waals surface area contributed by atoms with Crippen LogP contribution in [-0.4, -0.2) is 38.9 Å². The number of hydrogen-bond acceptors (Lipinski definition) is 7. The molecule has 184 valence electrons. The summed E-state index contributed by atoms with van der Waals surface area (Å²) < 4.78 is 17.8. The molecule has 3 aromatic rings. The van der Waals surface area contributed by atoms with Crippen molar-refractivity contribution in [2.45, 2.75) is 38.6 Å². The zero-order valence-electron chi connectivity index (χ0n) is 18.6.